The second-order valence-corrected chi connectivity index (χ2v) is 6.83. The van der Waals surface area contributed by atoms with E-state index in [-0.39, 0.29) is 5.91 Å². The summed E-state index contributed by atoms with van der Waals surface area (Å²) in [6.07, 6.45) is 2.44. The molecule has 136 valence electrons. The maximum absolute atomic E-state index is 12.5. The van der Waals surface area contributed by atoms with Crippen molar-refractivity contribution in [3.63, 3.8) is 0 Å². The average Bonchev–Trinajstić information content (AvgIpc) is 2.64. The van der Waals surface area contributed by atoms with Gasteiger partial charge in [-0.1, -0.05) is 17.7 Å². The van der Waals surface area contributed by atoms with Crippen LogP contribution in [0.15, 0.2) is 30.5 Å². The number of anilines is 2. The van der Waals surface area contributed by atoms with Crippen LogP contribution in [0.1, 0.15) is 21.5 Å². The van der Waals surface area contributed by atoms with Gasteiger partial charge in [-0.2, -0.15) is 0 Å². The molecule has 3 rings (SSSR count). The van der Waals surface area contributed by atoms with Crippen molar-refractivity contribution < 1.29 is 9.59 Å². The number of pyridine rings is 1. The van der Waals surface area contributed by atoms with Gasteiger partial charge >= 0.3 is 0 Å². The summed E-state index contributed by atoms with van der Waals surface area (Å²) in [6.45, 7) is 6.69. The SMILES string of the molecule is Cc1cc(C)c(NC(=O)c2ccc(N3CCN(C=O)CC3)nc2)c(Cl)c1. The fourth-order valence-corrected chi connectivity index (χ4v) is 3.39. The Labute approximate surface area is 157 Å². The Kier molecular flexibility index (Phi) is 5.42. The van der Waals surface area contributed by atoms with Crippen LogP contribution in [0.3, 0.4) is 0 Å². The Balaban J connectivity index is 1.69. The smallest absolute Gasteiger partial charge is 0.257 e. The van der Waals surface area contributed by atoms with Gasteiger partial charge in [0, 0.05) is 32.4 Å². The molecule has 1 aliphatic rings. The van der Waals surface area contributed by atoms with Crippen LogP contribution in [0.25, 0.3) is 0 Å². The number of carbonyl (C=O) groups excluding carboxylic acids is 2. The minimum atomic E-state index is -0.247. The molecule has 1 fully saturated rings. The molecule has 26 heavy (non-hydrogen) atoms. The minimum absolute atomic E-state index is 0.247. The molecular formula is C19H21ClN4O2. The molecule has 0 atom stereocenters. The zero-order valence-corrected chi connectivity index (χ0v) is 15.6. The summed E-state index contributed by atoms with van der Waals surface area (Å²) in [4.78, 5) is 31.5. The Bertz CT molecular complexity index is 792. The topological polar surface area (TPSA) is 65.5 Å². The van der Waals surface area contributed by atoms with Gasteiger partial charge in [0.25, 0.3) is 5.91 Å². The van der Waals surface area contributed by atoms with Gasteiger partial charge in [0.1, 0.15) is 5.82 Å². The maximum Gasteiger partial charge on any atom is 0.257 e. The first-order chi connectivity index (χ1) is 12.5. The van der Waals surface area contributed by atoms with Gasteiger partial charge in [0.2, 0.25) is 6.41 Å². The van der Waals surface area contributed by atoms with E-state index in [1.54, 1.807) is 17.2 Å². The van der Waals surface area contributed by atoms with Gasteiger partial charge < -0.3 is 15.1 Å². The third kappa shape index (κ3) is 3.96. The van der Waals surface area contributed by atoms with E-state index >= 15 is 0 Å². The number of hydrogen-bond acceptors (Lipinski definition) is 4. The number of carbonyl (C=O) groups is 2. The Morgan fingerprint density at radius 1 is 1.19 bits per heavy atom. The van der Waals surface area contributed by atoms with Crippen molar-refractivity contribution in [3.8, 4) is 0 Å². The second kappa shape index (κ2) is 7.74. The van der Waals surface area contributed by atoms with Crippen LogP contribution >= 0.6 is 11.6 Å². The summed E-state index contributed by atoms with van der Waals surface area (Å²) in [5.74, 6) is 0.556. The molecule has 2 amide bonds. The summed E-state index contributed by atoms with van der Waals surface area (Å²) in [5, 5.41) is 3.39. The first kappa shape index (κ1) is 18.2. The van der Waals surface area contributed by atoms with E-state index in [4.69, 9.17) is 11.6 Å². The fourth-order valence-electron chi connectivity index (χ4n) is 3.02. The van der Waals surface area contributed by atoms with E-state index in [9.17, 15) is 9.59 Å². The third-order valence-electron chi connectivity index (χ3n) is 4.47. The highest BCUT2D eigenvalue weighted by Crippen LogP contribution is 2.27. The number of halogens is 1. The normalized spacial score (nSPS) is 14.3. The molecule has 0 bridgehead atoms. The number of nitrogens with one attached hydrogen (secondary N) is 1. The summed E-state index contributed by atoms with van der Waals surface area (Å²) in [5.41, 5.74) is 3.06. The van der Waals surface area contributed by atoms with Crippen LogP contribution in [0, 0.1) is 13.8 Å². The number of hydrogen-bond donors (Lipinski definition) is 1. The number of aromatic nitrogens is 1. The summed E-state index contributed by atoms with van der Waals surface area (Å²) in [7, 11) is 0. The van der Waals surface area contributed by atoms with Crippen molar-refractivity contribution in [1.29, 1.82) is 0 Å². The number of rotatable bonds is 4. The van der Waals surface area contributed by atoms with Crippen molar-refractivity contribution >= 4 is 35.4 Å². The molecule has 1 N–H and O–H groups in total. The molecule has 0 aliphatic carbocycles. The molecule has 1 saturated heterocycles. The van der Waals surface area contributed by atoms with Crippen molar-refractivity contribution in [1.82, 2.24) is 9.88 Å². The average molecular weight is 373 g/mol. The Morgan fingerprint density at radius 3 is 2.50 bits per heavy atom. The molecule has 0 radical (unpaired) electrons. The van der Waals surface area contributed by atoms with E-state index in [1.165, 1.54) is 0 Å². The van der Waals surface area contributed by atoms with E-state index < -0.39 is 0 Å². The first-order valence-electron chi connectivity index (χ1n) is 8.46. The molecular weight excluding hydrogens is 352 g/mol. The van der Waals surface area contributed by atoms with Gasteiger partial charge in [-0.15, -0.1) is 0 Å². The van der Waals surface area contributed by atoms with E-state index in [2.05, 4.69) is 15.2 Å². The van der Waals surface area contributed by atoms with E-state index in [0.717, 1.165) is 36.4 Å². The Hall–Kier alpha value is -2.60. The third-order valence-corrected chi connectivity index (χ3v) is 4.77. The summed E-state index contributed by atoms with van der Waals surface area (Å²) in [6, 6.07) is 7.38. The van der Waals surface area contributed by atoms with Crippen molar-refractivity contribution in [3.05, 3.63) is 52.2 Å². The molecule has 2 aromatic rings. The van der Waals surface area contributed by atoms with Gasteiger partial charge in [-0.05, 0) is 43.2 Å². The van der Waals surface area contributed by atoms with E-state index in [1.807, 2.05) is 32.0 Å². The lowest BCUT2D eigenvalue weighted by Gasteiger charge is -2.33. The first-order valence-corrected chi connectivity index (χ1v) is 8.84. The molecule has 7 heteroatoms. The number of nitrogens with zero attached hydrogens (tertiary/aromatic N) is 3. The summed E-state index contributed by atoms with van der Waals surface area (Å²) < 4.78 is 0. The van der Waals surface area contributed by atoms with Crippen LogP contribution in [-0.2, 0) is 4.79 Å². The zero-order valence-electron chi connectivity index (χ0n) is 14.8. The summed E-state index contributed by atoms with van der Waals surface area (Å²) >= 11 is 6.25. The van der Waals surface area contributed by atoms with Gasteiger partial charge in [0.05, 0.1) is 16.3 Å². The van der Waals surface area contributed by atoms with Crippen LogP contribution in [0.4, 0.5) is 11.5 Å². The maximum atomic E-state index is 12.5. The molecule has 0 saturated carbocycles. The number of aryl methyl sites for hydroxylation is 2. The van der Waals surface area contributed by atoms with Crippen molar-refractivity contribution in [2.45, 2.75) is 13.8 Å². The molecule has 0 unspecified atom stereocenters. The highest BCUT2D eigenvalue weighted by atomic mass is 35.5. The van der Waals surface area contributed by atoms with Gasteiger partial charge in [-0.25, -0.2) is 4.98 Å². The number of amides is 2. The lowest BCUT2D eigenvalue weighted by atomic mass is 10.1. The molecule has 2 heterocycles. The highest BCUT2D eigenvalue weighted by molar-refractivity contribution is 6.34. The largest absolute Gasteiger partial charge is 0.353 e. The fraction of sp³-hybridized carbons (Fsp3) is 0.316. The van der Waals surface area contributed by atoms with Crippen LogP contribution < -0.4 is 10.2 Å². The Morgan fingerprint density at radius 2 is 1.92 bits per heavy atom. The highest BCUT2D eigenvalue weighted by Gasteiger charge is 2.17. The quantitative estimate of drug-likeness (QED) is 0.838. The zero-order chi connectivity index (χ0) is 18.7. The van der Waals surface area contributed by atoms with E-state index in [0.29, 0.717) is 29.4 Å². The predicted molar refractivity (Wildman–Crippen MR) is 103 cm³/mol. The molecule has 1 aromatic heterocycles. The lowest BCUT2D eigenvalue weighted by molar-refractivity contribution is -0.118. The standard InChI is InChI=1S/C19H21ClN4O2/c1-13-9-14(2)18(16(20)10-13)22-19(26)15-3-4-17(21-11-15)24-7-5-23(12-25)6-8-24/h3-4,9-12H,5-8H2,1-2H3,(H,22,26). The van der Waals surface area contributed by atoms with Crippen LogP contribution in [0.5, 0.6) is 0 Å². The monoisotopic (exact) mass is 372 g/mol. The molecule has 0 spiro atoms. The van der Waals surface area contributed by atoms with Crippen LogP contribution in [0.2, 0.25) is 5.02 Å². The molecule has 1 aromatic carbocycles. The molecule has 6 nitrogen and oxygen atoms in total. The van der Waals surface area contributed by atoms with Gasteiger partial charge in [0.15, 0.2) is 0 Å². The predicted octanol–water partition coefficient (Wildman–Crippen LogP) is 2.88. The number of piperazine rings is 1. The minimum Gasteiger partial charge on any atom is -0.353 e. The van der Waals surface area contributed by atoms with Crippen molar-refractivity contribution in [2.75, 3.05) is 36.4 Å². The van der Waals surface area contributed by atoms with Crippen LogP contribution in [-0.4, -0.2) is 48.4 Å². The van der Waals surface area contributed by atoms with Crippen molar-refractivity contribution in [2.24, 2.45) is 0 Å². The van der Waals surface area contributed by atoms with Gasteiger partial charge in [-0.3, -0.25) is 9.59 Å². The second-order valence-electron chi connectivity index (χ2n) is 6.43. The molecule has 1 aliphatic heterocycles. The lowest BCUT2D eigenvalue weighted by Crippen LogP contribution is -2.46. The number of benzene rings is 1.